The number of hydrogen-bond donors (Lipinski definition) is 1. The summed E-state index contributed by atoms with van der Waals surface area (Å²) >= 11 is 0. The Hall–Kier alpha value is -1.68. The third-order valence-electron chi connectivity index (χ3n) is 2.37. The molecule has 84 valence electrons. The van der Waals surface area contributed by atoms with Crippen LogP contribution in [0.1, 0.15) is 18.2 Å². The fourth-order valence-corrected chi connectivity index (χ4v) is 1.57. The van der Waals surface area contributed by atoms with Crippen LogP contribution in [0.2, 0.25) is 0 Å². The maximum absolute atomic E-state index is 4.38. The van der Waals surface area contributed by atoms with Gasteiger partial charge in [0, 0.05) is 24.5 Å². The first-order chi connectivity index (χ1) is 7.81. The number of rotatable bonds is 4. The van der Waals surface area contributed by atoms with Gasteiger partial charge in [-0.1, -0.05) is 13.0 Å². The molecule has 0 bridgehead atoms. The third-order valence-corrected chi connectivity index (χ3v) is 2.37. The van der Waals surface area contributed by atoms with Crippen LogP contribution >= 0.6 is 0 Å². The molecule has 0 radical (unpaired) electrons. The van der Waals surface area contributed by atoms with E-state index in [1.807, 2.05) is 29.9 Å². The second-order valence-corrected chi connectivity index (χ2v) is 3.67. The monoisotopic (exact) mass is 216 g/mol. The predicted octanol–water partition coefficient (Wildman–Crippen LogP) is 1.69. The van der Waals surface area contributed by atoms with Crippen LogP contribution in [0.3, 0.4) is 0 Å². The van der Waals surface area contributed by atoms with Gasteiger partial charge in [-0.15, -0.1) is 0 Å². The molecule has 0 aliphatic carbocycles. The van der Waals surface area contributed by atoms with Gasteiger partial charge in [0.15, 0.2) is 5.82 Å². The largest absolute Gasteiger partial charge is 0.313 e. The summed E-state index contributed by atoms with van der Waals surface area (Å²) in [5.74, 6) is 0.900. The predicted molar refractivity (Wildman–Crippen MR) is 63.5 cm³/mol. The molecular formula is C12H16N4. The maximum atomic E-state index is 4.38. The Morgan fingerprint density at radius 3 is 2.94 bits per heavy atom. The zero-order valence-corrected chi connectivity index (χ0v) is 9.64. The molecule has 0 aromatic carbocycles. The molecular weight excluding hydrogens is 200 g/mol. The number of hydrogen-bond acceptors (Lipinski definition) is 3. The molecule has 2 heterocycles. The zero-order chi connectivity index (χ0) is 11.4. The number of nitrogens with one attached hydrogen (secondary N) is 1. The SMILES string of the molecule is CCNCc1cccnc1-n1ccc(C)n1. The van der Waals surface area contributed by atoms with Gasteiger partial charge in [-0.05, 0) is 25.6 Å². The number of aryl methyl sites for hydroxylation is 1. The quantitative estimate of drug-likeness (QED) is 0.845. The highest BCUT2D eigenvalue weighted by atomic mass is 15.3. The molecule has 16 heavy (non-hydrogen) atoms. The van der Waals surface area contributed by atoms with Crippen LogP contribution in [0.25, 0.3) is 5.82 Å². The van der Waals surface area contributed by atoms with Crippen molar-refractivity contribution >= 4 is 0 Å². The normalized spacial score (nSPS) is 10.6. The van der Waals surface area contributed by atoms with E-state index in [-0.39, 0.29) is 0 Å². The van der Waals surface area contributed by atoms with Crippen molar-refractivity contribution in [2.24, 2.45) is 0 Å². The van der Waals surface area contributed by atoms with E-state index in [9.17, 15) is 0 Å². The van der Waals surface area contributed by atoms with E-state index >= 15 is 0 Å². The average Bonchev–Trinajstić information content (AvgIpc) is 2.73. The number of pyridine rings is 1. The maximum Gasteiger partial charge on any atom is 0.157 e. The van der Waals surface area contributed by atoms with Gasteiger partial charge in [-0.3, -0.25) is 0 Å². The van der Waals surface area contributed by atoms with Crippen LogP contribution in [0, 0.1) is 6.92 Å². The lowest BCUT2D eigenvalue weighted by molar-refractivity contribution is 0.709. The molecule has 0 aliphatic heterocycles. The lowest BCUT2D eigenvalue weighted by atomic mass is 10.2. The molecule has 0 fully saturated rings. The fourth-order valence-electron chi connectivity index (χ4n) is 1.57. The highest BCUT2D eigenvalue weighted by molar-refractivity contribution is 5.32. The zero-order valence-electron chi connectivity index (χ0n) is 9.64. The molecule has 0 atom stereocenters. The highest BCUT2D eigenvalue weighted by Crippen LogP contribution is 2.10. The van der Waals surface area contributed by atoms with Crippen molar-refractivity contribution in [2.75, 3.05) is 6.54 Å². The van der Waals surface area contributed by atoms with Crippen molar-refractivity contribution in [1.29, 1.82) is 0 Å². The van der Waals surface area contributed by atoms with Gasteiger partial charge in [0.2, 0.25) is 0 Å². The lowest BCUT2D eigenvalue weighted by Gasteiger charge is -2.08. The summed E-state index contributed by atoms with van der Waals surface area (Å²) in [6, 6.07) is 6.00. The van der Waals surface area contributed by atoms with E-state index in [4.69, 9.17) is 0 Å². The lowest BCUT2D eigenvalue weighted by Crippen LogP contribution is -2.14. The molecule has 0 spiro atoms. The topological polar surface area (TPSA) is 42.7 Å². The highest BCUT2D eigenvalue weighted by Gasteiger charge is 2.05. The van der Waals surface area contributed by atoms with E-state index in [0.29, 0.717) is 0 Å². The molecule has 0 aliphatic rings. The molecule has 4 nitrogen and oxygen atoms in total. The molecule has 0 amide bonds. The first kappa shape index (κ1) is 10.8. The Balaban J connectivity index is 2.32. The summed E-state index contributed by atoms with van der Waals surface area (Å²) in [5, 5.41) is 7.68. The summed E-state index contributed by atoms with van der Waals surface area (Å²) in [6.45, 7) is 5.84. The molecule has 2 aromatic heterocycles. The van der Waals surface area contributed by atoms with Crippen LogP contribution in [-0.4, -0.2) is 21.3 Å². The second-order valence-electron chi connectivity index (χ2n) is 3.67. The molecule has 2 rings (SSSR count). The van der Waals surface area contributed by atoms with Crippen molar-refractivity contribution in [2.45, 2.75) is 20.4 Å². The van der Waals surface area contributed by atoms with E-state index < -0.39 is 0 Å². The molecule has 1 N–H and O–H groups in total. The van der Waals surface area contributed by atoms with Gasteiger partial charge in [0.1, 0.15) is 0 Å². The van der Waals surface area contributed by atoms with Crippen LogP contribution in [0.15, 0.2) is 30.6 Å². The Bertz CT molecular complexity index is 462. The summed E-state index contributed by atoms with van der Waals surface area (Å²) in [7, 11) is 0. The minimum atomic E-state index is 0.818. The van der Waals surface area contributed by atoms with Crippen molar-refractivity contribution in [3.63, 3.8) is 0 Å². The van der Waals surface area contributed by atoms with Gasteiger partial charge in [-0.2, -0.15) is 5.10 Å². The van der Waals surface area contributed by atoms with E-state index in [1.165, 1.54) is 0 Å². The van der Waals surface area contributed by atoms with Gasteiger partial charge < -0.3 is 5.32 Å². The molecule has 4 heteroatoms. The summed E-state index contributed by atoms with van der Waals surface area (Å²) in [5.41, 5.74) is 2.16. The van der Waals surface area contributed by atoms with Crippen molar-refractivity contribution in [3.05, 3.63) is 41.9 Å². The standard InChI is InChI=1S/C12H16N4/c1-3-13-9-11-5-4-7-14-12(11)16-8-6-10(2)15-16/h4-8,13H,3,9H2,1-2H3. The Labute approximate surface area is 95.3 Å². The average molecular weight is 216 g/mol. The van der Waals surface area contributed by atoms with E-state index in [2.05, 4.69) is 28.4 Å². The first-order valence-corrected chi connectivity index (χ1v) is 5.48. The fraction of sp³-hybridized carbons (Fsp3) is 0.333. The third kappa shape index (κ3) is 2.28. The number of nitrogens with zero attached hydrogens (tertiary/aromatic N) is 3. The Morgan fingerprint density at radius 1 is 1.38 bits per heavy atom. The first-order valence-electron chi connectivity index (χ1n) is 5.48. The van der Waals surface area contributed by atoms with Crippen LogP contribution in [0.5, 0.6) is 0 Å². The molecule has 0 saturated heterocycles. The molecule has 2 aromatic rings. The summed E-state index contributed by atoms with van der Waals surface area (Å²) in [4.78, 5) is 4.38. The molecule has 0 saturated carbocycles. The van der Waals surface area contributed by atoms with E-state index in [1.54, 1.807) is 6.20 Å². The Morgan fingerprint density at radius 2 is 2.25 bits per heavy atom. The minimum absolute atomic E-state index is 0.818. The van der Waals surface area contributed by atoms with E-state index in [0.717, 1.165) is 30.2 Å². The Kier molecular flexibility index (Phi) is 3.31. The van der Waals surface area contributed by atoms with Gasteiger partial charge in [0.25, 0.3) is 0 Å². The van der Waals surface area contributed by atoms with Crippen molar-refractivity contribution < 1.29 is 0 Å². The van der Waals surface area contributed by atoms with Gasteiger partial charge >= 0.3 is 0 Å². The second kappa shape index (κ2) is 4.90. The molecule has 0 unspecified atom stereocenters. The van der Waals surface area contributed by atoms with Crippen molar-refractivity contribution in [1.82, 2.24) is 20.1 Å². The summed E-state index contributed by atoms with van der Waals surface area (Å²) < 4.78 is 1.82. The van der Waals surface area contributed by atoms with Crippen molar-refractivity contribution in [3.8, 4) is 5.82 Å². The number of aromatic nitrogens is 3. The smallest absolute Gasteiger partial charge is 0.157 e. The van der Waals surface area contributed by atoms with Gasteiger partial charge in [0.05, 0.1) is 5.69 Å². The van der Waals surface area contributed by atoms with Crippen LogP contribution in [-0.2, 0) is 6.54 Å². The van der Waals surface area contributed by atoms with Gasteiger partial charge in [-0.25, -0.2) is 9.67 Å². The van der Waals surface area contributed by atoms with Crippen LogP contribution < -0.4 is 5.32 Å². The summed E-state index contributed by atoms with van der Waals surface area (Å²) in [6.07, 6.45) is 3.73. The minimum Gasteiger partial charge on any atom is -0.313 e. The van der Waals surface area contributed by atoms with Crippen LogP contribution in [0.4, 0.5) is 0 Å².